The van der Waals surface area contributed by atoms with Crippen LogP contribution in [0, 0.1) is 0 Å². The highest BCUT2D eigenvalue weighted by Crippen LogP contribution is 2.42. The summed E-state index contributed by atoms with van der Waals surface area (Å²) in [6.45, 7) is 6.64. The van der Waals surface area contributed by atoms with Gasteiger partial charge in [-0.1, -0.05) is 136 Å². The molecule has 7 nitrogen and oxygen atoms in total. The van der Waals surface area contributed by atoms with Gasteiger partial charge in [0.15, 0.2) is 17.2 Å². The van der Waals surface area contributed by atoms with Crippen LogP contribution in [0.2, 0.25) is 0 Å². The highest BCUT2D eigenvalue weighted by atomic mass is 16.3. The van der Waals surface area contributed by atoms with Crippen LogP contribution in [-0.2, 0) is 5.41 Å². The lowest BCUT2D eigenvalue weighted by molar-refractivity contribution is 0.589. The van der Waals surface area contributed by atoms with E-state index in [4.69, 9.17) is 24.4 Å². The van der Waals surface area contributed by atoms with Crippen LogP contribution in [0.3, 0.4) is 0 Å². The van der Waals surface area contributed by atoms with Gasteiger partial charge in [0.2, 0.25) is 11.8 Å². The van der Waals surface area contributed by atoms with Crippen LogP contribution in [0.5, 0.6) is 0 Å². The minimum atomic E-state index is 0.0418. The molecule has 0 N–H and O–H groups in total. The van der Waals surface area contributed by atoms with Gasteiger partial charge in [-0.05, 0) is 59.5 Å². The average molecular weight is 737 g/mol. The van der Waals surface area contributed by atoms with Crippen molar-refractivity contribution < 1.29 is 4.42 Å². The third-order valence-electron chi connectivity index (χ3n) is 11.0. The minimum Gasteiger partial charge on any atom is -0.435 e. The molecule has 0 fully saturated rings. The summed E-state index contributed by atoms with van der Waals surface area (Å²) in [6, 6.07) is 56.7. The van der Waals surface area contributed by atoms with Gasteiger partial charge in [0, 0.05) is 38.4 Å². The number of aromatic nitrogens is 6. The number of hydrogen-bond acceptors (Lipinski definition) is 5. The van der Waals surface area contributed by atoms with Crippen molar-refractivity contribution in [1.29, 1.82) is 0 Å². The van der Waals surface area contributed by atoms with Gasteiger partial charge in [-0.15, -0.1) is 0 Å². The summed E-state index contributed by atoms with van der Waals surface area (Å²) in [5.41, 5.74) is 10.5. The molecule has 11 rings (SSSR count). The second-order valence-electron chi connectivity index (χ2n) is 15.5. The van der Waals surface area contributed by atoms with Crippen LogP contribution in [0.25, 0.3) is 101 Å². The number of hydrogen-bond donors (Lipinski definition) is 0. The topological polar surface area (TPSA) is 74.6 Å². The molecule has 0 aliphatic heterocycles. The van der Waals surface area contributed by atoms with Crippen LogP contribution < -0.4 is 0 Å². The molecule has 0 saturated carbocycles. The van der Waals surface area contributed by atoms with Gasteiger partial charge in [-0.25, -0.2) is 9.97 Å². The maximum absolute atomic E-state index is 6.62. The molecule has 0 aliphatic rings. The van der Waals surface area contributed by atoms with E-state index in [1.165, 1.54) is 10.9 Å². The van der Waals surface area contributed by atoms with Crippen LogP contribution in [0.15, 0.2) is 168 Å². The number of nitrogens with zero attached hydrogens (tertiary/aromatic N) is 6. The predicted octanol–water partition coefficient (Wildman–Crippen LogP) is 12.5. The third kappa shape index (κ3) is 5.27. The first kappa shape index (κ1) is 33.0. The lowest BCUT2D eigenvalue weighted by Crippen LogP contribution is -2.10. The van der Waals surface area contributed by atoms with Gasteiger partial charge < -0.3 is 8.98 Å². The van der Waals surface area contributed by atoms with E-state index in [9.17, 15) is 0 Å². The van der Waals surface area contributed by atoms with Gasteiger partial charge in [0.05, 0.1) is 27.6 Å². The Kier molecular flexibility index (Phi) is 7.28. The van der Waals surface area contributed by atoms with E-state index >= 15 is 0 Å². The largest absolute Gasteiger partial charge is 0.435 e. The standard InChI is InChI=1S/C50H36N6O/c1-50(2,3)33-27-25-32(26-28-33)48-51-40-22-14-21-39(45(40)57-48)47-52-46(31-15-6-4-7-16-31)53-49(54-47)56-42-24-13-11-20-36(42)38-30-29-37-35-19-10-12-23-41(35)55(43(37)44(38)56)34-17-8-5-9-18-34/h4-30H,1-3H3. The van der Waals surface area contributed by atoms with Gasteiger partial charge in [-0.2, -0.15) is 9.97 Å². The van der Waals surface area contributed by atoms with Crippen molar-refractivity contribution in [3.8, 4) is 45.9 Å². The van der Waals surface area contributed by atoms with Crippen molar-refractivity contribution in [2.45, 2.75) is 26.2 Å². The first-order valence-corrected chi connectivity index (χ1v) is 19.2. The highest BCUT2D eigenvalue weighted by molar-refractivity contribution is 6.23. The maximum Gasteiger partial charge on any atom is 0.238 e. The fourth-order valence-electron chi connectivity index (χ4n) is 8.22. The third-order valence-corrected chi connectivity index (χ3v) is 11.0. The molecule has 7 aromatic carbocycles. The molecule has 0 unspecified atom stereocenters. The summed E-state index contributed by atoms with van der Waals surface area (Å²) < 4.78 is 11.2. The van der Waals surface area contributed by atoms with Crippen molar-refractivity contribution in [1.82, 2.24) is 29.1 Å². The molecule has 0 amide bonds. The number of benzene rings is 7. The van der Waals surface area contributed by atoms with Gasteiger partial charge in [0.1, 0.15) is 5.52 Å². The van der Waals surface area contributed by atoms with E-state index in [-0.39, 0.29) is 5.41 Å². The molecule has 0 spiro atoms. The summed E-state index contributed by atoms with van der Waals surface area (Å²) in [4.78, 5) is 20.7. The molecular weight excluding hydrogens is 701 g/mol. The summed E-state index contributed by atoms with van der Waals surface area (Å²) >= 11 is 0. The van der Waals surface area contributed by atoms with E-state index in [2.05, 4.69) is 145 Å². The Balaban J connectivity index is 1.21. The monoisotopic (exact) mass is 736 g/mol. The number of para-hydroxylation sites is 4. The number of oxazole rings is 1. The SMILES string of the molecule is CC(C)(C)c1ccc(-c2nc3cccc(-c4nc(-c5ccccc5)nc(-n5c6ccccc6c6ccc7c8ccccc8n(-c8ccccc8)c7c65)n4)c3o2)cc1. The highest BCUT2D eigenvalue weighted by Gasteiger charge is 2.24. The summed E-state index contributed by atoms with van der Waals surface area (Å²) in [5.74, 6) is 2.12. The second kappa shape index (κ2) is 12.6. The molecule has 7 heteroatoms. The van der Waals surface area contributed by atoms with Crippen molar-refractivity contribution >= 4 is 54.7 Å². The summed E-state index contributed by atoms with van der Waals surface area (Å²) in [5, 5.41) is 4.55. The van der Waals surface area contributed by atoms with E-state index in [1.54, 1.807) is 0 Å². The molecule has 0 bridgehead atoms. The minimum absolute atomic E-state index is 0.0418. The lowest BCUT2D eigenvalue weighted by atomic mass is 9.87. The van der Waals surface area contributed by atoms with Gasteiger partial charge in [0.25, 0.3) is 0 Å². The van der Waals surface area contributed by atoms with Crippen LogP contribution in [0.4, 0.5) is 0 Å². The molecule has 57 heavy (non-hydrogen) atoms. The Morgan fingerprint density at radius 2 is 1.05 bits per heavy atom. The molecule has 0 saturated heterocycles. The Morgan fingerprint density at radius 3 is 1.74 bits per heavy atom. The smallest absolute Gasteiger partial charge is 0.238 e. The van der Waals surface area contributed by atoms with E-state index < -0.39 is 0 Å². The Bertz CT molecular complexity index is 3320. The summed E-state index contributed by atoms with van der Waals surface area (Å²) in [7, 11) is 0. The van der Waals surface area contributed by atoms with Crippen molar-refractivity contribution in [3.63, 3.8) is 0 Å². The molecule has 272 valence electrons. The average Bonchev–Trinajstić information content (AvgIpc) is 3.94. The zero-order chi connectivity index (χ0) is 38.3. The predicted molar refractivity (Wildman–Crippen MR) is 231 cm³/mol. The van der Waals surface area contributed by atoms with E-state index in [0.29, 0.717) is 29.1 Å². The van der Waals surface area contributed by atoms with E-state index in [1.807, 2.05) is 48.5 Å². The van der Waals surface area contributed by atoms with Crippen molar-refractivity contribution in [3.05, 3.63) is 169 Å². The molecule has 0 radical (unpaired) electrons. The Labute approximate surface area is 328 Å². The number of rotatable bonds is 5. The van der Waals surface area contributed by atoms with Crippen LogP contribution >= 0.6 is 0 Å². The van der Waals surface area contributed by atoms with Crippen molar-refractivity contribution in [2.24, 2.45) is 0 Å². The zero-order valence-corrected chi connectivity index (χ0v) is 31.7. The second-order valence-corrected chi connectivity index (χ2v) is 15.5. The lowest BCUT2D eigenvalue weighted by Gasteiger charge is -2.18. The zero-order valence-electron chi connectivity index (χ0n) is 31.7. The fourth-order valence-corrected chi connectivity index (χ4v) is 8.22. The molecule has 0 atom stereocenters. The van der Waals surface area contributed by atoms with Gasteiger partial charge >= 0.3 is 0 Å². The number of fused-ring (bicyclic) bond motifs is 8. The van der Waals surface area contributed by atoms with Crippen LogP contribution in [0.1, 0.15) is 26.3 Å². The van der Waals surface area contributed by atoms with E-state index in [0.717, 1.165) is 66.1 Å². The Hall–Kier alpha value is -7.38. The molecule has 4 aromatic heterocycles. The molecule has 0 aliphatic carbocycles. The maximum atomic E-state index is 6.62. The Morgan fingerprint density at radius 1 is 0.456 bits per heavy atom. The normalized spacial score (nSPS) is 12.1. The first-order valence-electron chi connectivity index (χ1n) is 19.2. The first-order chi connectivity index (χ1) is 27.9. The molecular formula is C50H36N6O. The van der Waals surface area contributed by atoms with Crippen molar-refractivity contribution in [2.75, 3.05) is 0 Å². The summed E-state index contributed by atoms with van der Waals surface area (Å²) in [6.07, 6.45) is 0. The fraction of sp³-hybridized carbons (Fsp3) is 0.0800. The molecule has 4 heterocycles. The quantitative estimate of drug-likeness (QED) is 0.176. The van der Waals surface area contributed by atoms with Gasteiger partial charge in [-0.3, -0.25) is 4.57 Å². The van der Waals surface area contributed by atoms with Crippen LogP contribution in [-0.4, -0.2) is 29.1 Å². The molecule has 11 aromatic rings.